The van der Waals surface area contributed by atoms with E-state index in [1.165, 1.54) is 0 Å². The number of aromatic nitrogens is 2. The molecule has 0 spiro atoms. The van der Waals surface area contributed by atoms with Gasteiger partial charge in [-0.25, -0.2) is 4.98 Å². The van der Waals surface area contributed by atoms with E-state index in [0.717, 1.165) is 22.6 Å². The maximum Gasteiger partial charge on any atom is 0.223 e. The number of nitrogens with two attached hydrogens (primary N) is 1. The SMILES string of the molecule is CC(O)CCN(C)c1nc(N)nc2sccc12. The highest BCUT2D eigenvalue weighted by molar-refractivity contribution is 7.16. The molecule has 0 fully saturated rings. The highest BCUT2D eigenvalue weighted by atomic mass is 32.1. The van der Waals surface area contributed by atoms with E-state index in [4.69, 9.17) is 5.73 Å². The maximum atomic E-state index is 9.29. The Morgan fingerprint density at radius 1 is 1.53 bits per heavy atom. The Morgan fingerprint density at radius 3 is 3.00 bits per heavy atom. The third kappa shape index (κ3) is 2.65. The summed E-state index contributed by atoms with van der Waals surface area (Å²) >= 11 is 1.55. The van der Waals surface area contributed by atoms with Gasteiger partial charge < -0.3 is 15.7 Å². The van der Waals surface area contributed by atoms with Crippen LogP contribution in [0, 0.1) is 0 Å². The summed E-state index contributed by atoms with van der Waals surface area (Å²) in [5, 5.41) is 12.3. The number of fused-ring (bicyclic) bond motifs is 1. The molecule has 2 aromatic rings. The Morgan fingerprint density at radius 2 is 2.29 bits per heavy atom. The van der Waals surface area contributed by atoms with E-state index < -0.39 is 0 Å². The van der Waals surface area contributed by atoms with Crippen LogP contribution in [0.15, 0.2) is 11.4 Å². The van der Waals surface area contributed by atoms with Crippen molar-refractivity contribution >= 4 is 33.3 Å². The first-order chi connectivity index (χ1) is 8.08. The van der Waals surface area contributed by atoms with Crippen molar-refractivity contribution in [3.05, 3.63) is 11.4 Å². The van der Waals surface area contributed by atoms with Gasteiger partial charge in [-0.3, -0.25) is 0 Å². The van der Waals surface area contributed by atoms with Gasteiger partial charge in [0.2, 0.25) is 5.95 Å². The molecular weight excluding hydrogens is 236 g/mol. The zero-order chi connectivity index (χ0) is 12.4. The van der Waals surface area contributed by atoms with Crippen LogP contribution in [0.1, 0.15) is 13.3 Å². The van der Waals surface area contributed by atoms with Crippen molar-refractivity contribution in [2.75, 3.05) is 24.2 Å². The van der Waals surface area contributed by atoms with Crippen molar-refractivity contribution in [2.24, 2.45) is 0 Å². The first kappa shape index (κ1) is 12.1. The second-order valence-corrected chi connectivity index (χ2v) is 5.00. The van der Waals surface area contributed by atoms with Crippen LogP contribution in [0.4, 0.5) is 11.8 Å². The topological polar surface area (TPSA) is 75.3 Å². The lowest BCUT2D eigenvalue weighted by Gasteiger charge is -2.19. The molecule has 0 amide bonds. The third-order valence-corrected chi connectivity index (χ3v) is 3.37. The molecule has 92 valence electrons. The van der Waals surface area contributed by atoms with Crippen molar-refractivity contribution < 1.29 is 5.11 Å². The van der Waals surface area contributed by atoms with Gasteiger partial charge in [0.15, 0.2) is 0 Å². The number of thiophene rings is 1. The van der Waals surface area contributed by atoms with E-state index in [2.05, 4.69) is 9.97 Å². The van der Waals surface area contributed by atoms with Crippen molar-refractivity contribution in [3.8, 4) is 0 Å². The summed E-state index contributed by atoms with van der Waals surface area (Å²) in [4.78, 5) is 11.4. The molecule has 1 atom stereocenters. The molecule has 3 N–H and O–H groups in total. The maximum absolute atomic E-state index is 9.29. The predicted octanol–water partition coefficient (Wildman–Crippen LogP) is 1.48. The minimum absolute atomic E-state index is 0.291. The van der Waals surface area contributed by atoms with Gasteiger partial charge >= 0.3 is 0 Å². The van der Waals surface area contributed by atoms with Gasteiger partial charge in [0.25, 0.3) is 0 Å². The Kier molecular flexibility index (Phi) is 3.44. The fourth-order valence-electron chi connectivity index (χ4n) is 1.63. The first-order valence-corrected chi connectivity index (χ1v) is 6.36. The normalized spacial score (nSPS) is 12.9. The van der Waals surface area contributed by atoms with E-state index in [-0.39, 0.29) is 6.10 Å². The van der Waals surface area contributed by atoms with Crippen LogP contribution >= 0.6 is 11.3 Å². The fraction of sp³-hybridized carbons (Fsp3) is 0.455. The molecule has 0 aromatic carbocycles. The van der Waals surface area contributed by atoms with Crippen LogP contribution in [0.25, 0.3) is 10.2 Å². The molecule has 2 heterocycles. The number of hydrogen-bond donors (Lipinski definition) is 2. The van der Waals surface area contributed by atoms with E-state index in [9.17, 15) is 5.11 Å². The molecule has 5 nitrogen and oxygen atoms in total. The van der Waals surface area contributed by atoms with Gasteiger partial charge in [-0.2, -0.15) is 4.98 Å². The van der Waals surface area contributed by atoms with Gasteiger partial charge in [-0.05, 0) is 24.8 Å². The van der Waals surface area contributed by atoms with Gasteiger partial charge in [-0.1, -0.05) is 0 Å². The first-order valence-electron chi connectivity index (χ1n) is 5.48. The van der Waals surface area contributed by atoms with Crippen LogP contribution in [0.2, 0.25) is 0 Å². The summed E-state index contributed by atoms with van der Waals surface area (Å²) in [6, 6.07) is 1.99. The van der Waals surface area contributed by atoms with Crippen LogP contribution in [-0.2, 0) is 0 Å². The number of nitrogens with zero attached hydrogens (tertiary/aromatic N) is 3. The highest BCUT2D eigenvalue weighted by Crippen LogP contribution is 2.27. The Balaban J connectivity index is 2.30. The smallest absolute Gasteiger partial charge is 0.223 e. The molecular formula is C11H16N4OS. The molecule has 0 saturated heterocycles. The Bertz CT molecular complexity index is 511. The zero-order valence-electron chi connectivity index (χ0n) is 9.92. The molecule has 0 saturated carbocycles. The van der Waals surface area contributed by atoms with Crippen LogP contribution < -0.4 is 10.6 Å². The Labute approximate surface area is 104 Å². The lowest BCUT2D eigenvalue weighted by Crippen LogP contribution is -2.23. The minimum atomic E-state index is -0.311. The van der Waals surface area contributed by atoms with Gasteiger partial charge in [0.05, 0.1) is 11.5 Å². The monoisotopic (exact) mass is 252 g/mol. The molecule has 17 heavy (non-hydrogen) atoms. The molecule has 0 aliphatic heterocycles. The lowest BCUT2D eigenvalue weighted by molar-refractivity contribution is 0.187. The summed E-state index contributed by atoms with van der Waals surface area (Å²) in [6.45, 7) is 2.52. The molecule has 0 aliphatic rings. The van der Waals surface area contributed by atoms with E-state index >= 15 is 0 Å². The van der Waals surface area contributed by atoms with Crippen LogP contribution in [0.5, 0.6) is 0 Å². The van der Waals surface area contributed by atoms with Gasteiger partial charge in [-0.15, -0.1) is 11.3 Å². The molecule has 2 rings (SSSR count). The van der Waals surface area contributed by atoms with Crippen molar-refractivity contribution in [1.82, 2.24) is 9.97 Å². The van der Waals surface area contributed by atoms with Crippen molar-refractivity contribution in [1.29, 1.82) is 0 Å². The zero-order valence-corrected chi connectivity index (χ0v) is 10.7. The summed E-state index contributed by atoms with van der Waals surface area (Å²) in [7, 11) is 1.95. The quantitative estimate of drug-likeness (QED) is 0.862. The second kappa shape index (κ2) is 4.85. The second-order valence-electron chi connectivity index (χ2n) is 4.10. The minimum Gasteiger partial charge on any atom is -0.393 e. The number of hydrogen-bond acceptors (Lipinski definition) is 6. The predicted molar refractivity (Wildman–Crippen MR) is 71.4 cm³/mol. The number of nitrogen functional groups attached to an aromatic ring is 1. The summed E-state index contributed by atoms with van der Waals surface area (Å²) in [5.74, 6) is 1.12. The van der Waals surface area contributed by atoms with E-state index in [1.54, 1.807) is 18.3 Å². The number of rotatable bonds is 4. The van der Waals surface area contributed by atoms with Gasteiger partial charge in [0, 0.05) is 13.6 Å². The summed E-state index contributed by atoms with van der Waals surface area (Å²) in [6.07, 6.45) is 0.390. The van der Waals surface area contributed by atoms with Crippen molar-refractivity contribution in [2.45, 2.75) is 19.4 Å². The molecule has 2 aromatic heterocycles. The number of aliphatic hydroxyl groups is 1. The van der Waals surface area contributed by atoms with Gasteiger partial charge in [0.1, 0.15) is 10.6 Å². The standard InChI is InChI=1S/C11H16N4OS/c1-7(16)3-5-15(2)9-8-4-6-17-10(8)14-11(12)13-9/h4,6-7,16H,3,5H2,1-2H3,(H2,12,13,14). The molecule has 0 aliphatic carbocycles. The van der Waals surface area contributed by atoms with E-state index in [0.29, 0.717) is 12.4 Å². The molecule has 0 radical (unpaired) electrons. The molecule has 6 heteroatoms. The Hall–Kier alpha value is -1.40. The van der Waals surface area contributed by atoms with Crippen LogP contribution in [0.3, 0.4) is 0 Å². The summed E-state index contributed by atoms with van der Waals surface area (Å²) in [5.41, 5.74) is 5.69. The lowest BCUT2D eigenvalue weighted by atomic mass is 10.2. The van der Waals surface area contributed by atoms with Crippen LogP contribution in [-0.4, -0.2) is 34.8 Å². The summed E-state index contributed by atoms with van der Waals surface area (Å²) < 4.78 is 0. The van der Waals surface area contributed by atoms with Crippen molar-refractivity contribution in [3.63, 3.8) is 0 Å². The average molecular weight is 252 g/mol. The largest absolute Gasteiger partial charge is 0.393 e. The molecule has 0 bridgehead atoms. The fourth-order valence-corrected chi connectivity index (χ4v) is 2.40. The highest BCUT2D eigenvalue weighted by Gasteiger charge is 2.11. The van der Waals surface area contributed by atoms with E-state index in [1.807, 2.05) is 23.4 Å². The average Bonchev–Trinajstić information content (AvgIpc) is 2.72. The number of anilines is 2. The molecule has 1 unspecified atom stereocenters. The number of aliphatic hydroxyl groups excluding tert-OH is 1. The third-order valence-electron chi connectivity index (χ3n) is 2.57.